The van der Waals surface area contributed by atoms with Crippen LogP contribution in [0.25, 0.3) is 0 Å². The van der Waals surface area contributed by atoms with Crippen LogP contribution in [0.3, 0.4) is 0 Å². The minimum Gasteiger partial charge on any atom is -0.481 e. The van der Waals surface area contributed by atoms with E-state index in [1.807, 2.05) is 0 Å². The second kappa shape index (κ2) is 26.5. The van der Waals surface area contributed by atoms with Gasteiger partial charge in [0.1, 0.15) is 4.83 Å². The minimum absolute atomic E-state index is 0.113. The molecule has 0 aliphatic carbocycles. The molecule has 0 radical (unpaired) electrons. The number of carbonyl (C=O) groups is 2. The van der Waals surface area contributed by atoms with Crippen molar-refractivity contribution in [2.75, 3.05) is 7.11 Å². The van der Waals surface area contributed by atoms with E-state index >= 15 is 0 Å². The number of alkyl halides is 1. The largest absolute Gasteiger partial charge is 0.481 e. The topological polar surface area (TPSA) is 63.6 Å². The number of halogens is 1. The first kappa shape index (κ1) is 31.6. The maximum atomic E-state index is 11.1. The van der Waals surface area contributed by atoms with Crippen LogP contribution in [0.5, 0.6) is 0 Å². The SMILES string of the molecule is CCCCCCCCCCC(Br)C(=O)OC.CCCCCCCCCCCC(=O)O. The Hall–Kier alpha value is -0.580. The van der Waals surface area contributed by atoms with Crippen molar-refractivity contribution in [3.8, 4) is 0 Å². The van der Waals surface area contributed by atoms with Gasteiger partial charge in [0, 0.05) is 6.42 Å². The van der Waals surface area contributed by atoms with Crippen molar-refractivity contribution in [2.45, 2.75) is 141 Å². The molecule has 0 saturated heterocycles. The Morgan fingerprint density at radius 1 is 0.700 bits per heavy atom. The van der Waals surface area contributed by atoms with Gasteiger partial charge in [-0.25, -0.2) is 0 Å². The van der Waals surface area contributed by atoms with Gasteiger partial charge in [0.15, 0.2) is 0 Å². The van der Waals surface area contributed by atoms with Crippen LogP contribution in [-0.2, 0) is 14.3 Å². The molecule has 0 spiro atoms. The predicted octanol–water partition coefficient (Wildman–Crippen LogP) is 8.45. The predicted molar refractivity (Wildman–Crippen MR) is 131 cm³/mol. The number of unbranched alkanes of at least 4 members (excludes halogenated alkanes) is 15. The highest BCUT2D eigenvalue weighted by atomic mass is 79.9. The lowest BCUT2D eigenvalue weighted by molar-refractivity contribution is -0.140. The number of hydrogen-bond acceptors (Lipinski definition) is 3. The van der Waals surface area contributed by atoms with Gasteiger partial charge in [0.05, 0.1) is 7.11 Å². The van der Waals surface area contributed by atoms with Gasteiger partial charge in [-0.1, -0.05) is 133 Å². The molecule has 30 heavy (non-hydrogen) atoms. The number of ether oxygens (including phenoxy) is 1. The van der Waals surface area contributed by atoms with E-state index in [4.69, 9.17) is 5.11 Å². The molecule has 1 unspecified atom stereocenters. The van der Waals surface area contributed by atoms with Crippen LogP contribution in [0.15, 0.2) is 0 Å². The number of methoxy groups -OCH3 is 1. The fourth-order valence-electron chi connectivity index (χ4n) is 3.29. The van der Waals surface area contributed by atoms with Crippen LogP contribution in [-0.4, -0.2) is 29.0 Å². The molecule has 0 aromatic carbocycles. The van der Waals surface area contributed by atoms with Crippen LogP contribution in [0.2, 0.25) is 0 Å². The summed E-state index contributed by atoms with van der Waals surface area (Å²) in [6, 6.07) is 0. The fraction of sp³-hybridized carbons (Fsp3) is 0.920. The highest BCUT2D eigenvalue weighted by molar-refractivity contribution is 9.10. The summed E-state index contributed by atoms with van der Waals surface area (Å²) in [4.78, 5) is 21.2. The molecule has 0 bridgehead atoms. The van der Waals surface area contributed by atoms with Gasteiger partial charge >= 0.3 is 11.9 Å². The molecule has 0 aromatic heterocycles. The zero-order valence-corrected chi connectivity index (χ0v) is 21.6. The lowest BCUT2D eigenvalue weighted by Gasteiger charge is -2.06. The van der Waals surface area contributed by atoms with E-state index in [0.717, 1.165) is 25.7 Å². The van der Waals surface area contributed by atoms with Crippen molar-refractivity contribution < 1.29 is 19.4 Å². The van der Waals surface area contributed by atoms with Crippen molar-refractivity contribution in [3.63, 3.8) is 0 Å². The summed E-state index contributed by atoms with van der Waals surface area (Å²) < 4.78 is 4.65. The molecule has 5 heteroatoms. The van der Waals surface area contributed by atoms with E-state index in [0.29, 0.717) is 6.42 Å². The molecule has 0 heterocycles. The molecule has 0 aliphatic heterocycles. The highest BCUT2D eigenvalue weighted by Crippen LogP contribution is 2.15. The van der Waals surface area contributed by atoms with Crippen molar-refractivity contribution in [1.29, 1.82) is 0 Å². The van der Waals surface area contributed by atoms with Gasteiger partial charge < -0.3 is 9.84 Å². The Labute approximate surface area is 195 Å². The van der Waals surface area contributed by atoms with E-state index in [9.17, 15) is 9.59 Å². The molecule has 180 valence electrons. The average molecular weight is 494 g/mol. The Kier molecular flexibility index (Phi) is 27.9. The third kappa shape index (κ3) is 27.4. The van der Waals surface area contributed by atoms with E-state index < -0.39 is 5.97 Å². The Morgan fingerprint density at radius 3 is 1.43 bits per heavy atom. The molecule has 0 amide bonds. The van der Waals surface area contributed by atoms with Crippen LogP contribution < -0.4 is 0 Å². The first-order valence-corrected chi connectivity index (χ1v) is 13.3. The Bertz CT molecular complexity index is 374. The summed E-state index contributed by atoms with van der Waals surface area (Å²) in [5.74, 6) is -0.809. The molecule has 0 saturated carbocycles. The molecule has 1 atom stereocenters. The summed E-state index contributed by atoms with van der Waals surface area (Å²) in [6.45, 7) is 4.47. The number of carboxylic acid groups (broad SMARTS) is 1. The summed E-state index contributed by atoms with van der Waals surface area (Å²) in [5.41, 5.74) is 0. The first-order valence-electron chi connectivity index (χ1n) is 12.4. The van der Waals surface area contributed by atoms with Crippen LogP contribution >= 0.6 is 15.9 Å². The van der Waals surface area contributed by atoms with Gasteiger partial charge in [-0.05, 0) is 12.8 Å². The maximum absolute atomic E-state index is 11.1. The minimum atomic E-state index is -0.659. The number of esters is 1. The molecule has 1 N–H and O–H groups in total. The fourth-order valence-corrected chi connectivity index (χ4v) is 3.80. The van der Waals surface area contributed by atoms with Crippen molar-refractivity contribution in [3.05, 3.63) is 0 Å². The summed E-state index contributed by atoms with van der Waals surface area (Å²) in [6.07, 6.45) is 22.8. The van der Waals surface area contributed by atoms with Crippen LogP contribution in [0.1, 0.15) is 136 Å². The van der Waals surface area contributed by atoms with Crippen LogP contribution in [0.4, 0.5) is 0 Å². The van der Waals surface area contributed by atoms with Gasteiger partial charge in [0.25, 0.3) is 0 Å². The van der Waals surface area contributed by atoms with E-state index in [1.165, 1.54) is 97.0 Å². The summed E-state index contributed by atoms with van der Waals surface area (Å²) >= 11 is 3.33. The van der Waals surface area contributed by atoms with Gasteiger partial charge in [-0.15, -0.1) is 0 Å². The number of hydrogen-bond donors (Lipinski definition) is 1. The normalized spacial score (nSPS) is 11.5. The van der Waals surface area contributed by atoms with E-state index in [1.54, 1.807) is 0 Å². The number of carbonyl (C=O) groups excluding carboxylic acids is 1. The zero-order chi connectivity index (χ0) is 22.9. The second-order valence-corrected chi connectivity index (χ2v) is 9.33. The number of aliphatic carboxylic acids is 1. The Balaban J connectivity index is 0. The molecule has 0 fully saturated rings. The van der Waals surface area contributed by atoms with Crippen molar-refractivity contribution in [1.82, 2.24) is 0 Å². The lowest BCUT2D eigenvalue weighted by atomic mass is 10.1. The zero-order valence-electron chi connectivity index (χ0n) is 20.1. The number of carboxylic acids is 1. The van der Waals surface area contributed by atoms with Gasteiger partial charge in [-0.3, -0.25) is 9.59 Å². The third-order valence-electron chi connectivity index (χ3n) is 5.26. The second-order valence-electron chi connectivity index (χ2n) is 8.23. The lowest BCUT2D eigenvalue weighted by Crippen LogP contribution is -2.15. The average Bonchev–Trinajstić information content (AvgIpc) is 2.74. The van der Waals surface area contributed by atoms with Crippen LogP contribution in [0, 0.1) is 0 Å². The van der Waals surface area contributed by atoms with Crippen molar-refractivity contribution >= 4 is 27.9 Å². The number of rotatable bonds is 20. The van der Waals surface area contributed by atoms with E-state index in [-0.39, 0.29) is 10.8 Å². The Morgan fingerprint density at radius 2 is 1.07 bits per heavy atom. The third-order valence-corrected chi connectivity index (χ3v) is 6.09. The van der Waals surface area contributed by atoms with E-state index in [2.05, 4.69) is 34.5 Å². The molecule has 0 aliphatic rings. The molecule has 0 aromatic rings. The summed E-state index contributed by atoms with van der Waals surface area (Å²) in [7, 11) is 1.43. The van der Waals surface area contributed by atoms with Gasteiger partial charge in [-0.2, -0.15) is 0 Å². The summed E-state index contributed by atoms with van der Waals surface area (Å²) in [5, 5.41) is 8.41. The monoisotopic (exact) mass is 492 g/mol. The first-order chi connectivity index (χ1) is 14.5. The highest BCUT2D eigenvalue weighted by Gasteiger charge is 2.13. The molecule has 0 rings (SSSR count). The quantitative estimate of drug-likeness (QED) is 0.105. The molecular formula is C25H49BrO4. The maximum Gasteiger partial charge on any atom is 0.319 e. The van der Waals surface area contributed by atoms with Gasteiger partial charge in [0.2, 0.25) is 0 Å². The van der Waals surface area contributed by atoms with Crippen molar-refractivity contribution in [2.24, 2.45) is 0 Å². The molecule has 4 nitrogen and oxygen atoms in total. The smallest absolute Gasteiger partial charge is 0.319 e. The standard InChI is InChI=1S/C13H25BrO2.C12H24O2/c1-3-4-5-6-7-8-9-10-11-12(14)13(15)16-2;1-2-3-4-5-6-7-8-9-10-11-12(13)14/h12H,3-11H2,1-2H3;2-11H2,1H3,(H,13,14). The molecular weight excluding hydrogens is 444 g/mol.